The van der Waals surface area contributed by atoms with Crippen LogP contribution in [-0.4, -0.2) is 39.0 Å². The minimum Gasteiger partial charge on any atom is -0.480 e. The molecule has 0 radical (unpaired) electrons. The molecule has 0 bridgehead atoms. The number of aliphatic carboxylic acids is 1. The van der Waals surface area contributed by atoms with Crippen LogP contribution in [0.1, 0.15) is 19.5 Å². The maximum absolute atomic E-state index is 12.0. The number of hydrogen-bond donors (Lipinski definition) is 1. The van der Waals surface area contributed by atoms with Gasteiger partial charge in [0.05, 0.1) is 0 Å². The Kier molecular flexibility index (Phi) is 3.95. The van der Waals surface area contributed by atoms with E-state index in [0.717, 1.165) is 16.2 Å². The number of aromatic nitrogens is 1. The van der Waals surface area contributed by atoms with E-state index in [4.69, 9.17) is 5.11 Å². The molecule has 0 unspecified atom stereocenters. The van der Waals surface area contributed by atoms with Gasteiger partial charge in [-0.15, -0.1) is 0 Å². The van der Waals surface area contributed by atoms with Crippen LogP contribution in [0.2, 0.25) is 0 Å². The summed E-state index contributed by atoms with van der Waals surface area (Å²) >= 11 is 1.02. The monoisotopic (exact) mass is 272 g/mol. The fraction of sp³-hybridized carbons (Fsp3) is 0.545. The van der Waals surface area contributed by atoms with Gasteiger partial charge in [0.2, 0.25) is 5.91 Å². The van der Waals surface area contributed by atoms with Crippen molar-refractivity contribution in [2.75, 3.05) is 7.05 Å². The van der Waals surface area contributed by atoms with Crippen molar-refractivity contribution in [3.63, 3.8) is 0 Å². The number of likely N-dealkylation sites (N-methyl/N-ethyl adjacent to an activating group) is 1. The summed E-state index contributed by atoms with van der Waals surface area (Å²) in [6.45, 7) is 4.47. The summed E-state index contributed by atoms with van der Waals surface area (Å²) in [5.74, 6) is -1.50. The molecule has 0 atom stereocenters. The fourth-order valence-electron chi connectivity index (χ4n) is 1.29. The number of carboxylic acid groups (broad SMARTS) is 1. The number of thiazole rings is 1. The van der Waals surface area contributed by atoms with Gasteiger partial charge in [0.1, 0.15) is 12.1 Å². The van der Waals surface area contributed by atoms with Gasteiger partial charge in [-0.05, 0) is 20.8 Å². The number of hydrogen-bond acceptors (Lipinski definition) is 4. The smallest absolute Gasteiger partial charge is 0.329 e. The Hall–Kier alpha value is -1.63. The molecule has 1 N–H and O–H groups in total. The van der Waals surface area contributed by atoms with Crippen molar-refractivity contribution < 1.29 is 14.7 Å². The van der Waals surface area contributed by atoms with Crippen LogP contribution in [0.15, 0.2) is 10.2 Å². The lowest BCUT2D eigenvalue weighted by Gasteiger charge is -2.31. The molecule has 0 aromatic carbocycles. The molecule has 0 aliphatic heterocycles. The average molecular weight is 272 g/mol. The molecule has 1 aromatic rings. The summed E-state index contributed by atoms with van der Waals surface area (Å²) in [7, 11) is 1.42. The third-order valence-electron chi connectivity index (χ3n) is 3.01. The van der Waals surface area contributed by atoms with Gasteiger partial charge in [-0.2, -0.15) is 0 Å². The molecule has 1 rings (SSSR count). The molecule has 7 heteroatoms. The Bertz CT molecular complexity index is 529. The fourth-order valence-corrected chi connectivity index (χ4v) is 2.03. The molecule has 100 valence electrons. The maximum Gasteiger partial charge on any atom is 0.329 e. The lowest BCUT2D eigenvalue weighted by molar-refractivity contribution is -0.155. The van der Waals surface area contributed by atoms with Gasteiger partial charge >= 0.3 is 10.8 Å². The summed E-state index contributed by atoms with van der Waals surface area (Å²) in [5.41, 5.74) is -0.607. The van der Waals surface area contributed by atoms with Gasteiger partial charge in [-0.3, -0.25) is 14.2 Å². The van der Waals surface area contributed by atoms with Crippen molar-refractivity contribution in [2.45, 2.75) is 32.9 Å². The summed E-state index contributed by atoms with van der Waals surface area (Å²) < 4.78 is 1.33. The number of nitrogens with zero attached hydrogens (tertiary/aromatic N) is 2. The third-order valence-corrected chi connectivity index (χ3v) is 3.89. The first-order chi connectivity index (χ1) is 8.17. The first-order valence-corrected chi connectivity index (χ1v) is 6.21. The van der Waals surface area contributed by atoms with E-state index in [1.807, 2.05) is 0 Å². The molecule has 0 saturated carbocycles. The van der Waals surface area contributed by atoms with E-state index in [9.17, 15) is 14.4 Å². The normalized spacial score (nSPS) is 11.3. The lowest BCUT2D eigenvalue weighted by atomic mass is 10.0. The summed E-state index contributed by atoms with van der Waals surface area (Å²) in [5, 5.41) is 10.7. The van der Waals surface area contributed by atoms with Crippen LogP contribution in [0.3, 0.4) is 0 Å². The molecular weight excluding hydrogens is 256 g/mol. The first-order valence-electron chi connectivity index (χ1n) is 5.33. The average Bonchev–Trinajstić information content (AvgIpc) is 2.59. The summed E-state index contributed by atoms with van der Waals surface area (Å²) in [6, 6.07) is 0. The molecule has 0 fully saturated rings. The molecule has 1 heterocycles. The van der Waals surface area contributed by atoms with Gasteiger partial charge in [0, 0.05) is 18.1 Å². The Labute approximate surface area is 108 Å². The molecule has 1 aromatic heterocycles. The zero-order valence-electron chi connectivity index (χ0n) is 10.8. The van der Waals surface area contributed by atoms with Crippen LogP contribution >= 0.6 is 11.3 Å². The minimum absolute atomic E-state index is 0.138. The second-order valence-corrected chi connectivity index (χ2v) is 5.37. The van der Waals surface area contributed by atoms with Crippen LogP contribution in [0.4, 0.5) is 0 Å². The number of aryl methyl sites for hydroxylation is 1. The van der Waals surface area contributed by atoms with Crippen molar-refractivity contribution >= 4 is 23.2 Å². The first kappa shape index (κ1) is 14.4. The van der Waals surface area contributed by atoms with E-state index in [2.05, 4.69) is 0 Å². The molecular formula is C11H16N2O4S. The van der Waals surface area contributed by atoms with Crippen LogP contribution in [0, 0.1) is 6.92 Å². The zero-order valence-corrected chi connectivity index (χ0v) is 11.6. The Morgan fingerprint density at radius 2 is 2.06 bits per heavy atom. The lowest BCUT2D eigenvalue weighted by Crippen LogP contribution is -2.52. The highest BCUT2D eigenvalue weighted by molar-refractivity contribution is 7.07. The summed E-state index contributed by atoms with van der Waals surface area (Å²) in [6.07, 6.45) is 0. The third kappa shape index (κ3) is 2.61. The van der Waals surface area contributed by atoms with Crippen molar-refractivity contribution in [1.29, 1.82) is 0 Å². The molecule has 6 nitrogen and oxygen atoms in total. The van der Waals surface area contributed by atoms with Crippen molar-refractivity contribution in [3.05, 3.63) is 20.7 Å². The number of carbonyl (C=O) groups is 2. The van der Waals surface area contributed by atoms with Crippen LogP contribution in [0.25, 0.3) is 0 Å². The quantitative estimate of drug-likeness (QED) is 0.867. The van der Waals surface area contributed by atoms with E-state index in [-0.39, 0.29) is 11.4 Å². The van der Waals surface area contributed by atoms with Crippen LogP contribution in [0.5, 0.6) is 0 Å². The van der Waals surface area contributed by atoms with E-state index in [1.54, 1.807) is 12.3 Å². The molecule has 0 aliphatic carbocycles. The standard InChI is InChI=1S/C11H16N2O4S/c1-7-6-18-10(17)13(7)5-8(14)12(4)11(2,3)9(15)16/h6H,5H2,1-4H3,(H,15,16). The topological polar surface area (TPSA) is 79.6 Å². The van der Waals surface area contributed by atoms with Gasteiger partial charge in [0.25, 0.3) is 0 Å². The molecule has 0 spiro atoms. The number of amides is 1. The van der Waals surface area contributed by atoms with E-state index in [1.165, 1.54) is 25.5 Å². The van der Waals surface area contributed by atoms with Gasteiger partial charge < -0.3 is 10.0 Å². The second kappa shape index (κ2) is 4.93. The van der Waals surface area contributed by atoms with Crippen LogP contribution in [-0.2, 0) is 16.1 Å². The molecule has 18 heavy (non-hydrogen) atoms. The van der Waals surface area contributed by atoms with Gasteiger partial charge in [-0.25, -0.2) is 4.79 Å². The second-order valence-electron chi connectivity index (χ2n) is 4.55. The molecule has 0 saturated heterocycles. The number of carboxylic acids is 1. The largest absolute Gasteiger partial charge is 0.480 e. The van der Waals surface area contributed by atoms with E-state index < -0.39 is 17.4 Å². The highest BCUT2D eigenvalue weighted by Gasteiger charge is 2.35. The Morgan fingerprint density at radius 3 is 2.44 bits per heavy atom. The predicted octanol–water partition coefficient (Wildman–Crippen LogP) is 0.540. The Balaban J connectivity index is 2.91. The van der Waals surface area contributed by atoms with Crippen molar-refractivity contribution in [1.82, 2.24) is 9.47 Å². The minimum atomic E-state index is -1.30. The molecule has 1 amide bonds. The zero-order chi connectivity index (χ0) is 14.1. The van der Waals surface area contributed by atoms with Gasteiger partial charge in [0.15, 0.2) is 0 Å². The van der Waals surface area contributed by atoms with Crippen molar-refractivity contribution in [3.8, 4) is 0 Å². The highest BCUT2D eigenvalue weighted by Crippen LogP contribution is 2.13. The molecule has 0 aliphatic rings. The van der Waals surface area contributed by atoms with Crippen LogP contribution < -0.4 is 4.87 Å². The van der Waals surface area contributed by atoms with E-state index >= 15 is 0 Å². The van der Waals surface area contributed by atoms with Crippen molar-refractivity contribution in [2.24, 2.45) is 0 Å². The number of carbonyl (C=O) groups excluding carboxylic acids is 1. The highest BCUT2D eigenvalue weighted by atomic mass is 32.1. The SMILES string of the molecule is Cc1csc(=O)n1CC(=O)N(C)C(C)(C)C(=O)O. The summed E-state index contributed by atoms with van der Waals surface area (Å²) in [4.78, 5) is 35.4. The van der Waals surface area contributed by atoms with Gasteiger partial charge in [-0.1, -0.05) is 11.3 Å². The Morgan fingerprint density at radius 1 is 1.50 bits per heavy atom. The maximum atomic E-state index is 12.0. The predicted molar refractivity (Wildman–Crippen MR) is 67.8 cm³/mol. The number of rotatable bonds is 4. The van der Waals surface area contributed by atoms with E-state index in [0.29, 0.717) is 5.69 Å².